The molecule has 0 aliphatic heterocycles. The normalized spacial score (nSPS) is 8.87. The van der Waals surface area contributed by atoms with Crippen LogP contribution in [0.25, 0.3) is 0 Å². The molecule has 0 spiro atoms. The summed E-state index contributed by atoms with van der Waals surface area (Å²) in [5, 5.41) is 20.3. The number of benzene rings is 2. The highest BCUT2D eigenvalue weighted by molar-refractivity contribution is 5.42. The van der Waals surface area contributed by atoms with Crippen molar-refractivity contribution >= 4 is 11.4 Å². The van der Waals surface area contributed by atoms with E-state index in [1.165, 1.54) is 29.3 Å². The first-order valence-electron chi connectivity index (χ1n) is 6.64. The van der Waals surface area contributed by atoms with Crippen molar-refractivity contribution in [2.24, 2.45) is 0 Å². The van der Waals surface area contributed by atoms with Gasteiger partial charge in [0, 0.05) is 26.4 Å². The third kappa shape index (κ3) is 8.27. The van der Waals surface area contributed by atoms with Gasteiger partial charge in [0.2, 0.25) is 0 Å². The zero-order valence-corrected chi connectivity index (χ0v) is 13.6. The van der Waals surface area contributed by atoms with Crippen LogP contribution < -0.4 is 0 Å². The van der Waals surface area contributed by atoms with E-state index < -0.39 is 9.85 Å². The van der Waals surface area contributed by atoms with Crippen molar-refractivity contribution in [1.29, 1.82) is 0 Å². The molecule has 0 heterocycles. The first kappa shape index (κ1) is 20.2. The summed E-state index contributed by atoms with van der Waals surface area (Å²) in [5.74, 6) is 0. The first-order valence-corrected chi connectivity index (χ1v) is 6.64. The van der Waals surface area contributed by atoms with Crippen molar-refractivity contribution in [3.8, 4) is 0 Å². The van der Waals surface area contributed by atoms with Crippen LogP contribution in [0.3, 0.4) is 0 Å². The zero-order chi connectivity index (χ0) is 17.8. The molecule has 0 aliphatic rings. The third-order valence-electron chi connectivity index (χ3n) is 2.68. The second-order valence-electron chi connectivity index (χ2n) is 4.53. The van der Waals surface area contributed by atoms with E-state index >= 15 is 0 Å². The van der Waals surface area contributed by atoms with Crippen LogP contribution >= 0.6 is 0 Å². The Balaban J connectivity index is 0.000000379. The minimum absolute atomic E-state index is 0.274. The van der Waals surface area contributed by atoms with Gasteiger partial charge in [-0.3, -0.25) is 20.2 Å². The summed E-state index contributed by atoms with van der Waals surface area (Å²) in [6.45, 7) is 4.24. The van der Waals surface area contributed by atoms with E-state index in [9.17, 15) is 20.2 Å². The molecule has 0 bridgehead atoms. The smallest absolute Gasteiger partial charge is 0.276 e. The van der Waals surface area contributed by atoms with Crippen molar-refractivity contribution < 1.29 is 14.6 Å². The van der Waals surface area contributed by atoms with Crippen LogP contribution in [0.5, 0.6) is 0 Å². The zero-order valence-electron chi connectivity index (χ0n) is 13.6. The van der Waals surface area contributed by atoms with Gasteiger partial charge in [0.15, 0.2) is 0 Å². The minimum atomic E-state index is -0.674. The summed E-state index contributed by atoms with van der Waals surface area (Å²) in [6.07, 6.45) is 0. The molecule has 0 unspecified atom stereocenters. The number of nitro groups is 2. The van der Waals surface area contributed by atoms with Crippen molar-refractivity contribution in [3.05, 3.63) is 79.9 Å². The summed E-state index contributed by atoms with van der Waals surface area (Å²) in [4.78, 5) is 19.0. The van der Waals surface area contributed by atoms with E-state index in [1.54, 1.807) is 14.2 Å². The van der Waals surface area contributed by atoms with Crippen LogP contribution in [-0.4, -0.2) is 24.1 Å². The molecular weight excluding hydrogens is 300 g/mol. The molecule has 0 amide bonds. The minimum Gasteiger partial charge on any atom is -0.388 e. The highest BCUT2D eigenvalue weighted by atomic mass is 16.6. The van der Waals surface area contributed by atoms with Gasteiger partial charge in [-0.05, 0) is 31.0 Å². The molecule has 0 saturated carbocycles. The Morgan fingerprint density at radius 2 is 1.13 bits per heavy atom. The molecule has 7 nitrogen and oxygen atoms in total. The Bertz CT molecular complexity index is 594. The van der Waals surface area contributed by atoms with Crippen LogP contribution in [0.4, 0.5) is 11.4 Å². The monoisotopic (exact) mass is 320 g/mol. The summed E-state index contributed by atoms with van der Waals surface area (Å²) in [7, 11) is 3.25. The van der Waals surface area contributed by atoms with E-state index in [0.717, 1.165) is 6.07 Å². The van der Waals surface area contributed by atoms with Crippen molar-refractivity contribution in [2.75, 3.05) is 14.2 Å². The second kappa shape index (κ2) is 10.9. The molecule has 0 saturated heterocycles. The third-order valence-corrected chi connectivity index (χ3v) is 2.68. The van der Waals surface area contributed by atoms with Crippen LogP contribution in [0.2, 0.25) is 0 Å². The van der Waals surface area contributed by atoms with Gasteiger partial charge in [0.05, 0.1) is 15.9 Å². The molecule has 2 rings (SSSR count). The van der Waals surface area contributed by atoms with Gasteiger partial charge in [0.25, 0.3) is 11.4 Å². The fraction of sp³-hybridized carbons (Fsp3) is 0.250. The predicted molar refractivity (Wildman–Crippen MR) is 88.6 cm³/mol. The number of non-ortho nitro benzene ring substituents is 2. The van der Waals surface area contributed by atoms with Gasteiger partial charge in [0.1, 0.15) is 0 Å². The fourth-order valence-electron chi connectivity index (χ4n) is 1.38. The Labute approximate surface area is 134 Å². The number of aryl methyl sites for hydroxylation is 2. The first-order chi connectivity index (χ1) is 10.8. The lowest BCUT2D eigenvalue weighted by atomic mass is 10.1. The van der Waals surface area contributed by atoms with Crippen LogP contribution in [0.1, 0.15) is 11.1 Å². The lowest BCUT2D eigenvalue weighted by molar-refractivity contribution is -0.394. The lowest BCUT2D eigenvalue weighted by Crippen LogP contribution is -1.91. The van der Waals surface area contributed by atoms with E-state index in [0.29, 0.717) is 0 Å². The fourth-order valence-corrected chi connectivity index (χ4v) is 1.38. The number of hydrogen-bond acceptors (Lipinski definition) is 5. The van der Waals surface area contributed by atoms with Crippen LogP contribution in [0, 0.1) is 34.1 Å². The standard InChI is InChI=1S/C8H10.C6H4N2O4.C2H6O/c1-7-5-3-4-6-8(7)2;9-7(10)5-2-1-3-6(4-5)8(11)12;1-3-2/h3-6H,1-2H3;1-4H;1-2H3. The average Bonchev–Trinajstić information content (AvgIpc) is 2.52. The number of ether oxygens (including phenoxy) is 1. The summed E-state index contributed by atoms with van der Waals surface area (Å²) < 4.78 is 4.25. The Morgan fingerprint density at radius 3 is 1.39 bits per heavy atom. The number of nitro benzene ring substituents is 2. The summed E-state index contributed by atoms with van der Waals surface area (Å²) >= 11 is 0. The van der Waals surface area contributed by atoms with Gasteiger partial charge in [-0.1, -0.05) is 24.3 Å². The van der Waals surface area contributed by atoms with Crippen molar-refractivity contribution in [3.63, 3.8) is 0 Å². The maximum Gasteiger partial charge on any atom is 0.276 e. The molecule has 0 aromatic heterocycles. The molecule has 2 aromatic rings. The van der Waals surface area contributed by atoms with E-state index in [-0.39, 0.29) is 11.4 Å². The molecule has 23 heavy (non-hydrogen) atoms. The molecule has 0 aliphatic carbocycles. The van der Waals surface area contributed by atoms with Gasteiger partial charge in [-0.2, -0.15) is 0 Å². The van der Waals surface area contributed by atoms with Gasteiger partial charge < -0.3 is 4.74 Å². The molecule has 0 radical (unpaired) electrons. The van der Waals surface area contributed by atoms with Gasteiger partial charge in [-0.15, -0.1) is 0 Å². The molecule has 0 fully saturated rings. The van der Waals surface area contributed by atoms with E-state index in [2.05, 4.69) is 42.8 Å². The van der Waals surface area contributed by atoms with Crippen molar-refractivity contribution in [2.45, 2.75) is 13.8 Å². The number of methoxy groups -OCH3 is 1. The average molecular weight is 320 g/mol. The summed E-state index contributed by atoms with van der Waals surface area (Å²) in [5.41, 5.74) is 2.19. The Hall–Kier alpha value is -2.80. The topological polar surface area (TPSA) is 95.5 Å². The Morgan fingerprint density at radius 1 is 0.783 bits per heavy atom. The lowest BCUT2D eigenvalue weighted by Gasteiger charge is -1.93. The van der Waals surface area contributed by atoms with E-state index in [1.807, 2.05) is 0 Å². The molecule has 0 N–H and O–H groups in total. The largest absolute Gasteiger partial charge is 0.388 e. The van der Waals surface area contributed by atoms with Gasteiger partial charge >= 0.3 is 0 Å². The maximum atomic E-state index is 10.2. The SMILES string of the molecule is COC.Cc1ccccc1C.O=[N+]([O-])c1cccc([N+](=O)[O-])c1. The molecule has 0 atom stereocenters. The van der Waals surface area contributed by atoms with Crippen LogP contribution in [0.15, 0.2) is 48.5 Å². The van der Waals surface area contributed by atoms with Gasteiger partial charge in [-0.25, -0.2) is 0 Å². The highest BCUT2D eigenvalue weighted by Crippen LogP contribution is 2.18. The van der Waals surface area contributed by atoms with E-state index in [4.69, 9.17) is 0 Å². The molecule has 124 valence electrons. The second-order valence-corrected chi connectivity index (χ2v) is 4.53. The highest BCUT2D eigenvalue weighted by Gasteiger charge is 2.11. The maximum absolute atomic E-state index is 10.2. The number of nitrogens with zero attached hydrogens (tertiary/aromatic N) is 2. The molecule has 2 aromatic carbocycles. The van der Waals surface area contributed by atoms with Crippen molar-refractivity contribution in [1.82, 2.24) is 0 Å². The molecule has 7 heteroatoms. The number of rotatable bonds is 2. The quantitative estimate of drug-likeness (QED) is 0.614. The predicted octanol–water partition coefficient (Wildman–Crippen LogP) is 4.07. The van der Waals surface area contributed by atoms with Crippen LogP contribution in [-0.2, 0) is 4.74 Å². The number of hydrogen-bond donors (Lipinski definition) is 0. The Kier molecular flexibility index (Phi) is 9.54. The summed E-state index contributed by atoms with van der Waals surface area (Å²) in [6, 6.07) is 13.0. The molecular formula is C16H20N2O5.